The molecule has 0 spiro atoms. The molecule has 3 rings (SSSR count). The van der Waals surface area contributed by atoms with E-state index in [1.54, 1.807) is 55.5 Å². The number of hydrogen-bond donors (Lipinski definition) is 1. The van der Waals surface area contributed by atoms with Crippen LogP contribution in [0.4, 0.5) is 0 Å². The monoisotopic (exact) mass is 379 g/mol. The van der Waals surface area contributed by atoms with Crippen molar-refractivity contribution in [3.05, 3.63) is 69.7 Å². The van der Waals surface area contributed by atoms with E-state index < -0.39 is 23.1 Å². The molecule has 0 aromatic heterocycles. The average molecular weight is 380 g/mol. The Morgan fingerprint density at radius 1 is 1.12 bits per heavy atom. The van der Waals surface area contributed by atoms with Crippen LogP contribution >= 0.6 is 23.2 Å². The normalized spacial score (nSPS) is 24.6. The maximum atomic E-state index is 12.6. The molecule has 0 aliphatic carbocycles. The number of halogens is 2. The minimum atomic E-state index is -1.98. The minimum Gasteiger partial charge on any atom is -0.463 e. The summed E-state index contributed by atoms with van der Waals surface area (Å²) >= 11 is 12.3. The predicted octanol–water partition coefficient (Wildman–Crippen LogP) is 3.05. The summed E-state index contributed by atoms with van der Waals surface area (Å²) in [7, 11) is 0. The lowest BCUT2D eigenvalue weighted by atomic mass is 9.80. The lowest BCUT2D eigenvalue weighted by Crippen LogP contribution is -2.46. The van der Waals surface area contributed by atoms with Gasteiger partial charge in [-0.05, 0) is 30.7 Å². The van der Waals surface area contributed by atoms with Gasteiger partial charge in [0.2, 0.25) is 0 Å². The number of amides is 1. The Morgan fingerprint density at radius 2 is 1.76 bits per heavy atom. The lowest BCUT2D eigenvalue weighted by molar-refractivity contribution is -0.153. The molecule has 1 amide bonds. The highest BCUT2D eigenvalue weighted by Crippen LogP contribution is 2.62. The van der Waals surface area contributed by atoms with Crippen LogP contribution in [0.3, 0.4) is 0 Å². The third-order valence-electron chi connectivity index (χ3n) is 4.17. The molecule has 1 fully saturated rings. The number of rotatable bonds is 5. The van der Waals surface area contributed by atoms with Gasteiger partial charge in [0.05, 0.1) is 6.61 Å². The van der Waals surface area contributed by atoms with E-state index in [1.807, 2.05) is 0 Å². The SMILES string of the molecule is CCOC(=O)[C@@]1(C(N)=O)O[C@]1(c1ccc(Cl)cc1)c1ccccc1Cl. The maximum Gasteiger partial charge on any atom is 0.352 e. The number of nitrogens with two attached hydrogens (primary N) is 1. The summed E-state index contributed by atoms with van der Waals surface area (Å²) in [6, 6.07) is 13.4. The van der Waals surface area contributed by atoms with Gasteiger partial charge >= 0.3 is 5.97 Å². The molecule has 5 nitrogen and oxygen atoms in total. The van der Waals surface area contributed by atoms with E-state index >= 15 is 0 Å². The van der Waals surface area contributed by atoms with Crippen LogP contribution < -0.4 is 5.73 Å². The van der Waals surface area contributed by atoms with Gasteiger partial charge < -0.3 is 15.2 Å². The molecule has 0 bridgehead atoms. The summed E-state index contributed by atoms with van der Waals surface area (Å²) in [5, 5.41) is 0.837. The van der Waals surface area contributed by atoms with Crippen LogP contribution in [-0.4, -0.2) is 24.1 Å². The van der Waals surface area contributed by atoms with Gasteiger partial charge in [0.1, 0.15) is 0 Å². The van der Waals surface area contributed by atoms with Crippen molar-refractivity contribution in [1.29, 1.82) is 0 Å². The van der Waals surface area contributed by atoms with E-state index in [-0.39, 0.29) is 6.61 Å². The summed E-state index contributed by atoms with van der Waals surface area (Å²) in [4.78, 5) is 24.9. The van der Waals surface area contributed by atoms with Crippen molar-refractivity contribution in [3.63, 3.8) is 0 Å². The Kier molecular flexibility index (Phi) is 4.49. The molecule has 0 radical (unpaired) electrons. The quantitative estimate of drug-likeness (QED) is 0.491. The third-order valence-corrected chi connectivity index (χ3v) is 4.76. The van der Waals surface area contributed by atoms with Crippen LogP contribution in [0, 0.1) is 0 Å². The Balaban J connectivity index is 2.25. The van der Waals surface area contributed by atoms with Crippen LogP contribution in [-0.2, 0) is 24.7 Å². The first-order valence-corrected chi connectivity index (χ1v) is 8.34. The molecule has 1 heterocycles. The van der Waals surface area contributed by atoms with Crippen LogP contribution in [0.2, 0.25) is 10.0 Å². The van der Waals surface area contributed by atoms with Gasteiger partial charge in [0.25, 0.3) is 11.5 Å². The van der Waals surface area contributed by atoms with Crippen molar-refractivity contribution in [2.24, 2.45) is 5.73 Å². The van der Waals surface area contributed by atoms with Crippen molar-refractivity contribution < 1.29 is 19.1 Å². The Bertz CT molecular complexity index is 839. The van der Waals surface area contributed by atoms with E-state index in [0.717, 1.165) is 0 Å². The average Bonchev–Trinajstić information content (AvgIpc) is 3.29. The number of hydrogen-bond acceptors (Lipinski definition) is 4. The van der Waals surface area contributed by atoms with Crippen molar-refractivity contribution >= 4 is 35.1 Å². The summed E-state index contributed by atoms with van der Waals surface area (Å²) in [6.07, 6.45) is 0. The highest BCUT2D eigenvalue weighted by molar-refractivity contribution is 6.32. The van der Waals surface area contributed by atoms with Crippen molar-refractivity contribution in [1.82, 2.24) is 0 Å². The Morgan fingerprint density at radius 3 is 2.32 bits per heavy atom. The van der Waals surface area contributed by atoms with E-state index in [4.69, 9.17) is 38.4 Å². The largest absolute Gasteiger partial charge is 0.463 e. The van der Waals surface area contributed by atoms with Gasteiger partial charge in [0.15, 0.2) is 5.60 Å². The molecule has 1 saturated heterocycles. The molecular formula is C18H15Cl2NO4. The van der Waals surface area contributed by atoms with Gasteiger partial charge in [-0.2, -0.15) is 0 Å². The molecule has 130 valence electrons. The van der Waals surface area contributed by atoms with E-state index in [1.165, 1.54) is 0 Å². The second-order valence-corrected chi connectivity index (χ2v) is 6.38. The van der Waals surface area contributed by atoms with Crippen LogP contribution in [0.5, 0.6) is 0 Å². The van der Waals surface area contributed by atoms with Gasteiger partial charge in [-0.1, -0.05) is 53.5 Å². The lowest BCUT2D eigenvalue weighted by Gasteiger charge is -2.19. The molecule has 0 saturated carbocycles. The zero-order valence-electron chi connectivity index (χ0n) is 13.3. The molecule has 2 atom stereocenters. The smallest absolute Gasteiger partial charge is 0.352 e. The van der Waals surface area contributed by atoms with Crippen LogP contribution in [0.15, 0.2) is 48.5 Å². The molecule has 1 aliphatic rings. The molecule has 1 aliphatic heterocycles. The maximum absolute atomic E-state index is 12.6. The zero-order valence-corrected chi connectivity index (χ0v) is 14.8. The van der Waals surface area contributed by atoms with Crippen LogP contribution in [0.25, 0.3) is 0 Å². The van der Waals surface area contributed by atoms with E-state index in [9.17, 15) is 9.59 Å². The fraction of sp³-hybridized carbons (Fsp3) is 0.222. The number of ether oxygens (including phenoxy) is 2. The molecule has 2 N–H and O–H groups in total. The summed E-state index contributed by atoms with van der Waals surface area (Å²) < 4.78 is 10.8. The van der Waals surface area contributed by atoms with Gasteiger partial charge in [-0.15, -0.1) is 0 Å². The van der Waals surface area contributed by atoms with Gasteiger partial charge in [-0.3, -0.25) is 4.79 Å². The van der Waals surface area contributed by atoms with Crippen molar-refractivity contribution in [3.8, 4) is 0 Å². The highest BCUT2D eigenvalue weighted by atomic mass is 35.5. The summed E-state index contributed by atoms with van der Waals surface area (Å²) in [6.45, 7) is 1.71. The predicted molar refractivity (Wildman–Crippen MR) is 93.3 cm³/mol. The topological polar surface area (TPSA) is 81.9 Å². The fourth-order valence-corrected chi connectivity index (χ4v) is 3.44. The first-order chi connectivity index (χ1) is 11.9. The minimum absolute atomic E-state index is 0.0798. The number of carbonyl (C=O) groups is 2. The highest BCUT2D eigenvalue weighted by Gasteiger charge is 2.82. The molecule has 0 unspecified atom stereocenters. The molecule has 7 heteroatoms. The van der Waals surface area contributed by atoms with Crippen molar-refractivity contribution in [2.75, 3.05) is 6.61 Å². The van der Waals surface area contributed by atoms with Crippen molar-refractivity contribution in [2.45, 2.75) is 18.1 Å². The number of benzene rings is 2. The second-order valence-electron chi connectivity index (χ2n) is 5.54. The zero-order chi connectivity index (χ0) is 18.2. The number of epoxide rings is 1. The van der Waals surface area contributed by atoms with Gasteiger partial charge in [0, 0.05) is 15.6 Å². The number of primary amides is 1. The van der Waals surface area contributed by atoms with Crippen LogP contribution in [0.1, 0.15) is 18.1 Å². The van der Waals surface area contributed by atoms with Gasteiger partial charge in [-0.25, -0.2) is 4.79 Å². The molecule has 2 aromatic carbocycles. The fourth-order valence-electron chi connectivity index (χ4n) is 3.04. The first kappa shape index (κ1) is 17.7. The van der Waals surface area contributed by atoms with E-state index in [0.29, 0.717) is 21.2 Å². The number of esters is 1. The standard InChI is InChI=1S/C18H15Cl2NO4/c1-2-24-16(23)18(15(21)22)17(25-18,11-7-9-12(19)10-8-11)13-5-3-4-6-14(13)20/h3-10H,2H2,1H3,(H2,21,22)/t17-,18-/m1/s1. The Hall–Kier alpha value is -2.08. The Labute approximate surface area is 154 Å². The first-order valence-electron chi connectivity index (χ1n) is 7.58. The third kappa shape index (κ3) is 2.51. The molecule has 2 aromatic rings. The van der Waals surface area contributed by atoms with E-state index in [2.05, 4.69) is 0 Å². The number of carbonyl (C=O) groups excluding carboxylic acids is 2. The summed E-state index contributed by atoms with van der Waals surface area (Å²) in [5.41, 5.74) is 3.09. The summed E-state index contributed by atoms with van der Waals surface area (Å²) in [5.74, 6) is -1.79. The molecular weight excluding hydrogens is 365 g/mol. The molecule has 25 heavy (non-hydrogen) atoms. The second kappa shape index (κ2) is 6.33.